The number of nitrogens with one attached hydrogen (secondary N) is 1. The summed E-state index contributed by atoms with van der Waals surface area (Å²) in [6, 6.07) is 5.64. The summed E-state index contributed by atoms with van der Waals surface area (Å²) in [6.07, 6.45) is 0.324. The van der Waals surface area contributed by atoms with Gasteiger partial charge in [-0.2, -0.15) is 0 Å². The van der Waals surface area contributed by atoms with Crippen molar-refractivity contribution in [2.45, 2.75) is 12.5 Å². The first-order chi connectivity index (χ1) is 7.99. The third-order valence-corrected chi connectivity index (χ3v) is 2.17. The van der Waals surface area contributed by atoms with Crippen LogP contribution in [0.5, 0.6) is 5.75 Å². The van der Waals surface area contributed by atoms with Gasteiger partial charge in [-0.25, -0.2) is 0 Å². The zero-order valence-electron chi connectivity index (χ0n) is 9.22. The third kappa shape index (κ3) is 4.52. The quantitative estimate of drug-likeness (QED) is 0.517. The standard InChI is InChI=1S/C11H15N3O3/c12-9(11(17)14-6-10(13)16)5-7-1-3-8(15)4-2-7/h1-4,9,15H,5-6,12H2,(H2,13,16)(H,14,17). The zero-order chi connectivity index (χ0) is 12.8. The van der Waals surface area contributed by atoms with Gasteiger partial charge in [0.15, 0.2) is 0 Å². The van der Waals surface area contributed by atoms with Crippen molar-refractivity contribution in [3.63, 3.8) is 0 Å². The molecule has 0 aromatic heterocycles. The fraction of sp³-hybridized carbons (Fsp3) is 0.273. The van der Waals surface area contributed by atoms with Gasteiger partial charge in [-0.1, -0.05) is 12.1 Å². The SMILES string of the molecule is NC(=O)CNC(=O)C(N)Cc1ccc(O)cc1. The Morgan fingerprint density at radius 3 is 2.41 bits per heavy atom. The molecule has 6 nitrogen and oxygen atoms in total. The number of carbonyl (C=O) groups excluding carboxylic acids is 2. The average molecular weight is 237 g/mol. The summed E-state index contributed by atoms with van der Waals surface area (Å²) >= 11 is 0. The fourth-order valence-corrected chi connectivity index (χ4v) is 1.28. The maximum atomic E-state index is 11.4. The van der Waals surface area contributed by atoms with Gasteiger partial charge in [-0.05, 0) is 24.1 Å². The molecule has 0 heterocycles. The van der Waals surface area contributed by atoms with Gasteiger partial charge in [-0.3, -0.25) is 9.59 Å². The highest BCUT2D eigenvalue weighted by atomic mass is 16.3. The Kier molecular flexibility index (Phi) is 4.47. The molecule has 0 bridgehead atoms. The van der Waals surface area contributed by atoms with E-state index in [4.69, 9.17) is 16.6 Å². The molecule has 17 heavy (non-hydrogen) atoms. The van der Waals surface area contributed by atoms with Crippen molar-refractivity contribution < 1.29 is 14.7 Å². The number of hydrogen-bond acceptors (Lipinski definition) is 4. The normalized spacial score (nSPS) is 11.8. The number of nitrogens with two attached hydrogens (primary N) is 2. The summed E-state index contributed by atoms with van der Waals surface area (Å²) in [7, 11) is 0. The van der Waals surface area contributed by atoms with Gasteiger partial charge in [0, 0.05) is 0 Å². The van der Waals surface area contributed by atoms with Crippen LogP contribution in [-0.4, -0.2) is 29.5 Å². The number of benzene rings is 1. The van der Waals surface area contributed by atoms with Crippen LogP contribution in [0.4, 0.5) is 0 Å². The summed E-state index contributed by atoms with van der Waals surface area (Å²) in [4.78, 5) is 21.9. The van der Waals surface area contributed by atoms with Crippen LogP contribution in [-0.2, 0) is 16.0 Å². The Morgan fingerprint density at radius 1 is 1.29 bits per heavy atom. The Hall–Kier alpha value is -2.08. The molecule has 1 aromatic rings. The van der Waals surface area contributed by atoms with Crippen molar-refractivity contribution in [1.82, 2.24) is 5.32 Å². The van der Waals surface area contributed by atoms with Crippen LogP contribution in [0, 0.1) is 0 Å². The molecule has 1 rings (SSSR count). The highest BCUT2D eigenvalue weighted by Crippen LogP contribution is 2.10. The molecule has 0 saturated heterocycles. The van der Waals surface area contributed by atoms with Gasteiger partial charge in [0.05, 0.1) is 12.6 Å². The smallest absolute Gasteiger partial charge is 0.237 e. The predicted octanol–water partition coefficient (Wildman–Crippen LogP) is -1.14. The van der Waals surface area contributed by atoms with E-state index in [2.05, 4.69) is 5.32 Å². The summed E-state index contributed by atoms with van der Waals surface area (Å²) in [5.41, 5.74) is 11.4. The highest BCUT2D eigenvalue weighted by Gasteiger charge is 2.14. The molecule has 0 aliphatic rings. The zero-order valence-corrected chi connectivity index (χ0v) is 9.22. The molecule has 1 unspecified atom stereocenters. The van der Waals surface area contributed by atoms with Crippen LogP contribution >= 0.6 is 0 Å². The largest absolute Gasteiger partial charge is 0.508 e. The van der Waals surface area contributed by atoms with Crippen LogP contribution in [0.3, 0.4) is 0 Å². The van der Waals surface area contributed by atoms with Crippen LogP contribution in [0.1, 0.15) is 5.56 Å². The van der Waals surface area contributed by atoms with Crippen molar-refractivity contribution in [2.24, 2.45) is 11.5 Å². The lowest BCUT2D eigenvalue weighted by Gasteiger charge is -2.11. The Labute approximate surface area is 98.6 Å². The van der Waals surface area contributed by atoms with Gasteiger partial charge in [0.2, 0.25) is 11.8 Å². The molecule has 0 radical (unpaired) electrons. The second kappa shape index (κ2) is 5.86. The first-order valence-corrected chi connectivity index (χ1v) is 5.08. The molecule has 1 atom stereocenters. The lowest BCUT2D eigenvalue weighted by atomic mass is 10.1. The number of phenolic OH excluding ortho intramolecular Hbond substituents is 1. The second-order valence-electron chi connectivity index (χ2n) is 3.66. The molecule has 6 N–H and O–H groups in total. The van der Waals surface area contributed by atoms with Crippen molar-refractivity contribution in [1.29, 1.82) is 0 Å². The van der Waals surface area contributed by atoms with E-state index < -0.39 is 17.9 Å². The van der Waals surface area contributed by atoms with E-state index >= 15 is 0 Å². The number of hydrogen-bond donors (Lipinski definition) is 4. The monoisotopic (exact) mass is 237 g/mol. The number of amides is 2. The number of phenols is 1. The van der Waals surface area contributed by atoms with E-state index in [1.165, 1.54) is 12.1 Å². The minimum atomic E-state index is -0.751. The highest BCUT2D eigenvalue weighted by molar-refractivity contribution is 5.86. The number of carbonyl (C=O) groups is 2. The van der Waals surface area contributed by atoms with E-state index in [9.17, 15) is 9.59 Å². The van der Waals surface area contributed by atoms with Crippen LogP contribution in [0.15, 0.2) is 24.3 Å². The van der Waals surface area contributed by atoms with Crippen molar-refractivity contribution >= 4 is 11.8 Å². The van der Waals surface area contributed by atoms with E-state index in [1.807, 2.05) is 0 Å². The molecule has 2 amide bonds. The minimum absolute atomic E-state index is 0.153. The molecular formula is C11H15N3O3. The summed E-state index contributed by atoms with van der Waals surface area (Å²) in [5.74, 6) is -0.896. The van der Waals surface area contributed by atoms with E-state index in [0.29, 0.717) is 6.42 Å². The van der Waals surface area contributed by atoms with E-state index in [0.717, 1.165) is 5.56 Å². The van der Waals surface area contributed by atoms with Gasteiger partial charge in [0.1, 0.15) is 5.75 Å². The first kappa shape index (κ1) is 13.0. The summed E-state index contributed by atoms with van der Waals surface area (Å²) < 4.78 is 0. The van der Waals surface area contributed by atoms with Crippen LogP contribution < -0.4 is 16.8 Å². The molecule has 1 aromatic carbocycles. The maximum absolute atomic E-state index is 11.4. The Morgan fingerprint density at radius 2 is 1.88 bits per heavy atom. The summed E-state index contributed by atoms with van der Waals surface area (Å²) in [6.45, 7) is -0.220. The molecule has 0 saturated carbocycles. The van der Waals surface area contributed by atoms with Gasteiger partial charge >= 0.3 is 0 Å². The number of rotatable bonds is 5. The van der Waals surface area contributed by atoms with Crippen LogP contribution in [0.2, 0.25) is 0 Å². The topological polar surface area (TPSA) is 118 Å². The van der Waals surface area contributed by atoms with E-state index in [1.54, 1.807) is 12.1 Å². The van der Waals surface area contributed by atoms with Crippen molar-refractivity contribution in [3.8, 4) is 5.75 Å². The maximum Gasteiger partial charge on any atom is 0.237 e. The Bertz CT molecular complexity index is 403. The van der Waals surface area contributed by atoms with Gasteiger partial charge in [0.25, 0.3) is 0 Å². The summed E-state index contributed by atoms with van der Waals surface area (Å²) in [5, 5.41) is 11.4. The molecule has 0 aliphatic heterocycles. The van der Waals surface area contributed by atoms with Crippen molar-refractivity contribution in [3.05, 3.63) is 29.8 Å². The van der Waals surface area contributed by atoms with Crippen molar-refractivity contribution in [2.75, 3.05) is 6.54 Å². The molecule has 0 fully saturated rings. The lowest BCUT2D eigenvalue weighted by molar-refractivity contribution is -0.125. The average Bonchev–Trinajstić information content (AvgIpc) is 2.28. The molecule has 92 valence electrons. The molecule has 0 aliphatic carbocycles. The lowest BCUT2D eigenvalue weighted by Crippen LogP contribution is -2.44. The second-order valence-corrected chi connectivity index (χ2v) is 3.66. The number of aromatic hydroxyl groups is 1. The third-order valence-electron chi connectivity index (χ3n) is 2.17. The first-order valence-electron chi connectivity index (χ1n) is 5.08. The predicted molar refractivity (Wildman–Crippen MR) is 62.0 cm³/mol. The Balaban J connectivity index is 2.48. The fourth-order valence-electron chi connectivity index (χ4n) is 1.28. The number of primary amides is 1. The van der Waals surface area contributed by atoms with Gasteiger partial charge < -0.3 is 21.9 Å². The van der Waals surface area contributed by atoms with Crippen LogP contribution in [0.25, 0.3) is 0 Å². The molecular weight excluding hydrogens is 222 g/mol. The van der Waals surface area contributed by atoms with E-state index in [-0.39, 0.29) is 12.3 Å². The van der Waals surface area contributed by atoms with Gasteiger partial charge in [-0.15, -0.1) is 0 Å². The minimum Gasteiger partial charge on any atom is -0.508 e. The molecule has 0 spiro atoms. The molecule has 6 heteroatoms.